The lowest BCUT2D eigenvalue weighted by molar-refractivity contribution is 0.383. The molecule has 2 saturated carbocycles. The molecule has 116 valence electrons. The van der Waals surface area contributed by atoms with Gasteiger partial charge in [-0.05, 0) is 49.3 Å². The summed E-state index contributed by atoms with van der Waals surface area (Å²) in [5.74, 6) is 0. The molecule has 0 atom stereocenters. The number of aryl methyl sites for hydroxylation is 1. The van der Waals surface area contributed by atoms with Gasteiger partial charge in [-0.15, -0.1) is 0 Å². The Morgan fingerprint density at radius 1 is 1.14 bits per heavy atom. The van der Waals surface area contributed by atoms with Gasteiger partial charge in [0.1, 0.15) is 0 Å². The third-order valence-electron chi connectivity index (χ3n) is 4.40. The molecule has 4 nitrogen and oxygen atoms in total. The lowest BCUT2D eigenvalue weighted by Crippen LogP contribution is -2.39. The highest BCUT2D eigenvalue weighted by atomic mass is 32.2. The fraction of sp³-hybridized carbons (Fsp3) is 0.625. The molecule has 5 heteroatoms. The van der Waals surface area contributed by atoms with Crippen molar-refractivity contribution in [2.45, 2.75) is 69.0 Å². The molecule has 0 radical (unpaired) electrons. The van der Waals surface area contributed by atoms with E-state index in [1.54, 1.807) is 0 Å². The van der Waals surface area contributed by atoms with Crippen LogP contribution in [0.25, 0.3) is 0 Å². The summed E-state index contributed by atoms with van der Waals surface area (Å²) in [6.45, 7) is 2.75. The van der Waals surface area contributed by atoms with Crippen molar-refractivity contribution in [1.29, 1.82) is 0 Å². The standard InChI is InChI=1S/C16H24N2O2S/c1-2-13-7-6-12(11-17-14-8-9-14)10-16(13)21(19,20)18-15-4-3-5-15/h6-7,10,14-15,17-18H,2-5,8-9,11H2,1H3. The second-order valence-electron chi connectivity index (χ2n) is 6.20. The molecule has 0 bridgehead atoms. The van der Waals surface area contributed by atoms with E-state index in [4.69, 9.17) is 0 Å². The van der Waals surface area contributed by atoms with Crippen molar-refractivity contribution in [2.75, 3.05) is 0 Å². The van der Waals surface area contributed by atoms with Gasteiger partial charge in [0, 0.05) is 18.6 Å². The molecule has 1 aromatic rings. The molecule has 2 fully saturated rings. The van der Waals surface area contributed by atoms with E-state index in [0.717, 1.165) is 43.4 Å². The molecule has 2 aliphatic carbocycles. The minimum Gasteiger partial charge on any atom is -0.310 e. The van der Waals surface area contributed by atoms with Crippen molar-refractivity contribution in [1.82, 2.24) is 10.0 Å². The Bertz CT molecular complexity index is 605. The predicted octanol–water partition coefficient (Wildman–Crippen LogP) is 2.33. The van der Waals surface area contributed by atoms with E-state index in [-0.39, 0.29) is 6.04 Å². The van der Waals surface area contributed by atoms with E-state index in [2.05, 4.69) is 10.0 Å². The van der Waals surface area contributed by atoms with Crippen LogP contribution in [0.3, 0.4) is 0 Å². The molecule has 1 aromatic carbocycles. The average molecular weight is 308 g/mol. The minimum absolute atomic E-state index is 0.132. The van der Waals surface area contributed by atoms with Crippen molar-refractivity contribution >= 4 is 10.0 Å². The summed E-state index contributed by atoms with van der Waals surface area (Å²) in [7, 11) is -3.39. The first-order valence-electron chi connectivity index (χ1n) is 7.96. The third kappa shape index (κ3) is 3.65. The van der Waals surface area contributed by atoms with Gasteiger partial charge in [-0.3, -0.25) is 0 Å². The van der Waals surface area contributed by atoms with Gasteiger partial charge in [-0.2, -0.15) is 0 Å². The number of nitrogens with one attached hydrogen (secondary N) is 2. The molecule has 0 aromatic heterocycles. The maximum Gasteiger partial charge on any atom is 0.241 e. The summed E-state index contributed by atoms with van der Waals surface area (Å²) in [5, 5.41) is 3.44. The Kier molecular flexibility index (Phi) is 4.33. The first kappa shape index (κ1) is 15.0. The van der Waals surface area contributed by atoms with Crippen molar-refractivity contribution < 1.29 is 8.42 Å². The van der Waals surface area contributed by atoms with Crippen LogP contribution in [-0.2, 0) is 23.0 Å². The molecule has 0 unspecified atom stereocenters. The van der Waals surface area contributed by atoms with Crippen molar-refractivity contribution in [3.63, 3.8) is 0 Å². The number of rotatable bonds is 7. The van der Waals surface area contributed by atoms with Crippen molar-refractivity contribution in [3.8, 4) is 0 Å². The van der Waals surface area contributed by atoms with E-state index in [1.807, 2.05) is 25.1 Å². The van der Waals surface area contributed by atoms with E-state index in [0.29, 0.717) is 10.9 Å². The molecule has 21 heavy (non-hydrogen) atoms. The van der Waals surface area contributed by atoms with Gasteiger partial charge >= 0.3 is 0 Å². The van der Waals surface area contributed by atoms with Crippen molar-refractivity contribution in [3.05, 3.63) is 29.3 Å². The first-order valence-corrected chi connectivity index (χ1v) is 9.44. The van der Waals surface area contributed by atoms with Gasteiger partial charge in [0.25, 0.3) is 0 Å². The molecule has 0 spiro atoms. The fourth-order valence-electron chi connectivity index (χ4n) is 2.61. The van der Waals surface area contributed by atoms with Gasteiger partial charge in [0.2, 0.25) is 10.0 Å². The van der Waals surface area contributed by atoms with E-state index < -0.39 is 10.0 Å². The lowest BCUT2D eigenvalue weighted by Gasteiger charge is -2.26. The Morgan fingerprint density at radius 2 is 1.90 bits per heavy atom. The van der Waals surface area contributed by atoms with Crippen LogP contribution in [0.2, 0.25) is 0 Å². The number of hydrogen-bond acceptors (Lipinski definition) is 3. The quantitative estimate of drug-likeness (QED) is 0.813. The zero-order valence-corrected chi connectivity index (χ0v) is 13.4. The van der Waals surface area contributed by atoms with E-state index >= 15 is 0 Å². The van der Waals surface area contributed by atoms with Gasteiger partial charge in [-0.1, -0.05) is 25.5 Å². The summed E-state index contributed by atoms with van der Waals surface area (Å²) in [6.07, 6.45) is 6.26. The zero-order chi connectivity index (χ0) is 14.9. The van der Waals surface area contributed by atoms with Gasteiger partial charge in [0.15, 0.2) is 0 Å². The highest BCUT2D eigenvalue weighted by Gasteiger charge is 2.26. The van der Waals surface area contributed by atoms with Gasteiger partial charge < -0.3 is 5.32 Å². The Morgan fingerprint density at radius 3 is 2.48 bits per heavy atom. The van der Waals surface area contributed by atoms with Gasteiger partial charge in [0.05, 0.1) is 4.90 Å². The smallest absolute Gasteiger partial charge is 0.241 e. The predicted molar refractivity (Wildman–Crippen MR) is 83.6 cm³/mol. The summed E-state index contributed by atoms with van der Waals surface area (Å²) < 4.78 is 28.0. The topological polar surface area (TPSA) is 58.2 Å². The molecular formula is C16H24N2O2S. The maximum absolute atomic E-state index is 12.6. The summed E-state index contributed by atoms with van der Waals surface area (Å²) in [5.41, 5.74) is 1.95. The summed E-state index contributed by atoms with van der Waals surface area (Å²) in [6, 6.07) is 6.60. The largest absolute Gasteiger partial charge is 0.310 e. The van der Waals surface area contributed by atoms with Crippen LogP contribution >= 0.6 is 0 Å². The van der Waals surface area contributed by atoms with Crippen LogP contribution in [0, 0.1) is 0 Å². The number of benzene rings is 1. The van der Waals surface area contributed by atoms with Crippen LogP contribution in [0.1, 0.15) is 50.2 Å². The first-order chi connectivity index (χ1) is 10.1. The normalized spacial score (nSPS) is 19.5. The number of hydrogen-bond donors (Lipinski definition) is 2. The maximum atomic E-state index is 12.6. The van der Waals surface area contributed by atoms with Crippen LogP contribution in [-0.4, -0.2) is 20.5 Å². The molecule has 2 N–H and O–H groups in total. The molecule has 0 saturated heterocycles. The van der Waals surface area contributed by atoms with E-state index in [9.17, 15) is 8.42 Å². The minimum atomic E-state index is -3.39. The Hall–Kier alpha value is -0.910. The van der Waals surface area contributed by atoms with Crippen LogP contribution in [0.4, 0.5) is 0 Å². The molecule has 3 rings (SSSR count). The monoisotopic (exact) mass is 308 g/mol. The van der Waals surface area contributed by atoms with Crippen LogP contribution < -0.4 is 10.0 Å². The summed E-state index contributed by atoms with van der Waals surface area (Å²) >= 11 is 0. The Balaban J connectivity index is 1.80. The molecule has 2 aliphatic rings. The Labute approximate surface area is 127 Å². The highest BCUT2D eigenvalue weighted by Crippen LogP contribution is 2.24. The molecular weight excluding hydrogens is 284 g/mol. The molecule has 0 aliphatic heterocycles. The van der Waals surface area contributed by atoms with Crippen LogP contribution in [0.5, 0.6) is 0 Å². The SMILES string of the molecule is CCc1ccc(CNC2CC2)cc1S(=O)(=O)NC1CCC1. The molecule has 0 amide bonds. The highest BCUT2D eigenvalue weighted by molar-refractivity contribution is 7.89. The zero-order valence-electron chi connectivity index (χ0n) is 12.6. The second kappa shape index (κ2) is 6.07. The average Bonchev–Trinajstić information content (AvgIpc) is 3.25. The van der Waals surface area contributed by atoms with Crippen molar-refractivity contribution in [2.24, 2.45) is 0 Å². The van der Waals surface area contributed by atoms with Gasteiger partial charge in [-0.25, -0.2) is 13.1 Å². The summed E-state index contributed by atoms with van der Waals surface area (Å²) in [4.78, 5) is 0.465. The fourth-order valence-corrected chi connectivity index (χ4v) is 4.28. The second-order valence-corrected chi connectivity index (χ2v) is 7.88. The molecule has 0 heterocycles. The third-order valence-corrected chi connectivity index (χ3v) is 6.00. The van der Waals surface area contributed by atoms with Crippen LogP contribution in [0.15, 0.2) is 23.1 Å². The van der Waals surface area contributed by atoms with E-state index in [1.165, 1.54) is 12.8 Å². The number of sulfonamides is 1. The lowest BCUT2D eigenvalue weighted by atomic mass is 9.94.